The summed E-state index contributed by atoms with van der Waals surface area (Å²) >= 11 is 5.95. The van der Waals surface area contributed by atoms with Crippen molar-refractivity contribution in [2.24, 2.45) is 0 Å². The minimum Gasteiger partial charge on any atom is -0.495 e. The number of halogens is 1. The molecule has 0 fully saturated rings. The molecule has 0 aliphatic carbocycles. The van der Waals surface area contributed by atoms with Crippen LogP contribution in [0.15, 0.2) is 35.1 Å². The second-order valence-electron chi connectivity index (χ2n) is 5.22. The zero-order chi connectivity index (χ0) is 17.3. The number of amides is 2. The Bertz CT molecular complexity index is 977. The van der Waals surface area contributed by atoms with E-state index in [9.17, 15) is 9.59 Å². The van der Waals surface area contributed by atoms with Crippen LogP contribution in [0.4, 0.5) is 16.2 Å². The van der Waals surface area contributed by atoms with E-state index in [-0.39, 0.29) is 5.69 Å². The van der Waals surface area contributed by atoms with Crippen molar-refractivity contribution in [2.75, 3.05) is 17.7 Å². The molecule has 1 heterocycles. The molecule has 0 aliphatic rings. The van der Waals surface area contributed by atoms with E-state index in [0.717, 1.165) is 5.56 Å². The minimum atomic E-state index is -0.448. The molecule has 0 aliphatic heterocycles. The normalized spacial score (nSPS) is 10.6. The SMILES string of the molecule is COc1ccc(Cl)cc1NC(=O)Nc1cc2[nH]c(=O)[nH]c2cc1C. The van der Waals surface area contributed by atoms with Crippen LogP contribution in [0.2, 0.25) is 5.02 Å². The summed E-state index contributed by atoms with van der Waals surface area (Å²) < 4.78 is 5.19. The van der Waals surface area contributed by atoms with Crippen LogP contribution in [0.1, 0.15) is 5.56 Å². The molecule has 0 bridgehead atoms. The van der Waals surface area contributed by atoms with Crippen LogP contribution in [0, 0.1) is 6.92 Å². The summed E-state index contributed by atoms with van der Waals surface area (Å²) in [5, 5.41) is 5.92. The van der Waals surface area contributed by atoms with Crippen molar-refractivity contribution in [3.05, 3.63) is 51.4 Å². The molecule has 0 radical (unpaired) electrons. The topological polar surface area (TPSA) is 99.0 Å². The number of imidazole rings is 1. The van der Waals surface area contributed by atoms with E-state index in [0.29, 0.717) is 33.2 Å². The number of carbonyl (C=O) groups is 1. The summed E-state index contributed by atoms with van der Waals surface area (Å²) in [5.41, 5.74) is 2.84. The highest BCUT2D eigenvalue weighted by Crippen LogP contribution is 2.28. The quantitative estimate of drug-likeness (QED) is 0.584. The summed E-state index contributed by atoms with van der Waals surface area (Å²) in [6.45, 7) is 1.83. The van der Waals surface area contributed by atoms with Gasteiger partial charge in [-0.15, -0.1) is 0 Å². The predicted molar refractivity (Wildman–Crippen MR) is 94.3 cm³/mol. The highest BCUT2D eigenvalue weighted by Gasteiger charge is 2.11. The molecule has 3 rings (SSSR count). The maximum Gasteiger partial charge on any atom is 0.323 e. The van der Waals surface area contributed by atoms with Gasteiger partial charge in [-0.3, -0.25) is 0 Å². The van der Waals surface area contributed by atoms with E-state index in [1.54, 1.807) is 30.3 Å². The zero-order valence-electron chi connectivity index (χ0n) is 13.0. The van der Waals surface area contributed by atoms with Crippen LogP contribution >= 0.6 is 11.6 Å². The zero-order valence-corrected chi connectivity index (χ0v) is 13.7. The molecule has 3 aromatic rings. The lowest BCUT2D eigenvalue weighted by molar-refractivity contribution is 0.262. The Kier molecular flexibility index (Phi) is 4.18. The number of carbonyl (C=O) groups excluding carboxylic acids is 1. The van der Waals surface area contributed by atoms with Crippen LogP contribution in [-0.2, 0) is 0 Å². The fraction of sp³-hybridized carbons (Fsp3) is 0.125. The van der Waals surface area contributed by atoms with Gasteiger partial charge in [0, 0.05) is 10.7 Å². The van der Waals surface area contributed by atoms with E-state index < -0.39 is 6.03 Å². The van der Waals surface area contributed by atoms with Crippen LogP contribution in [0.3, 0.4) is 0 Å². The molecule has 2 aromatic carbocycles. The van der Waals surface area contributed by atoms with Crippen molar-refractivity contribution >= 4 is 40.0 Å². The number of aromatic amines is 2. The smallest absolute Gasteiger partial charge is 0.323 e. The molecule has 8 heteroatoms. The largest absolute Gasteiger partial charge is 0.495 e. The van der Waals surface area contributed by atoms with Gasteiger partial charge in [0.1, 0.15) is 5.75 Å². The summed E-state index contributed by atoms with van der Waals surface area (Å²) in [6.07, 6.45) is 0. The second kappa shape index (κ2) is 6.29. The maximum atomic E-state index is 12.3. The second-order valence-corrected chi connectivity index (χ2v) is 5.65. The Balaban J connectivity index is 1.83. The molecule has 0 unspecified atom stereocenters. The third-order valence-electron chi connectivity index (χ3n) is 3.52. The molecule has 24 heavy (non-hydrogen) atoms. The van der Waals surface area contributed by atoms with Crippen molar-refractivity contribution in [2.45, 2.75) is 6.92 Å². The number of ether oxygens (including phenoxy) is 1. The van der Waals surface area contributed by atoms with Crippen LogP contribution in [0.25, 0.3) is 11.0 Å². The number of aromatic nitrogens is 2. The number of hydrogen-bond donors (Lipinski definition) is 4. The van der Waals surface area contributed by atoms with E-state index >= 15 is 0 Å². The number of anilines is 2. The Morgan fingerprint density at radius 1 is 1.08 bits per heavy atom. The first kappa shape index (κ1) is 15.9. The Morgan fingerprint density at radius 2 is 1.75 bits per heavy atom. The average Bonchev–Trinajstić information content (AvgIpc) is 2.87. The molecule has 7 nitrogen and oxygen atoms in total. The lowest BCUT2D eigenvalue weighted by Gasteiger charge is -2.13. The predicted octanol–water partition coefficient (Wildman–Crippen LogP) is 3.47. The molecular formula is C16H15ClN4O3. The third-order valence-corrected chi connectivity index (χ3v) is 3.75. The number of H-pyrrole nitrogens is 2. The summed E-state index contributed by atoms with van der Waals surface area (Å²) in [7, 11) is 1.51. The minimum absolute atomic E-state index is 0.297. The summed E-state index contributed by atoms with van der Waals surface area (Å²) in [5.74, 6) is 0.497. The van der Waals surface area contributed by atoms with Gasteiger partial charge >= 0.3 is 11.7 Å². The standard InChI is InChI=1S/C16H15ClN4O3/c1-8-5-11-12(20-16(23)19-11)7-10(8)18-15(22)21-13-6-9(17)3-4-14(13)24-2/h3-7H,1-2H3,(H2,18,21,22)(H2,19,20,23). The molecule has 0 atom stereocenters. The number of fused-ring (bicyclic) bond motifs is 1. The Hall–Kier alpha value is -2.93. The number of aryl methyl sites for hydroxylation is 1. The summed E-state index contributed by atoms with van der Waals surface area (Å²) in [6, 6.07) is 7.96. The molecule has 0 saturated heterocycles. The lowest BCUT2D eigenvalue weighted by atomic mass is 10.2. The summed E-state index contributed by atoms with van der Waals surface area (Å²) in [4.78, 5) is 28.9. The number of methoxy groups -OCH3 is 1. The van der Waals surface area contributed by atoms with Crippen molar-refractivity contribution in [3.63, 3.8) is 0 Å². The van der Waals surface area contributed by atoms with Gasteiger partial charge in [0.15, 0.2) is 0 Å². The first-order chi connectivity index (χ1) is 11.5. The maximum absolute atomic E-state index is 12.3. The molecule has 2 amide bonds. The van der Waals surface area contributed by atoms with Gasteiger partial charge in [-0.05, 0) is 42.8 Å². The van der Waals surface area contributed by atoms with Gasteiger partial charge in [-0.25, -0.2) is 9.59 Å². The van der Waals surface area contributed by atoms with Crippen LogP contribution < -0.4 is 21.1 Å². The van der Waals surface area contributed by atoms with Gasteiger partial charge in [0.2, 0.25) is 0 Å². The molecular weight excluding hydrogens is 332 g/mol. The highest BCUT2D eigenvalue weighted by atomic mass is 35.5. The molecule has 124 valence electrons. The van der Waals surface area contributed by atoms with Crippen LogP contribution in [0.5, 0.6) is 5.75 Å². The fourth-order valence-corrected chi connectivity index (χ4v) is 2.55. The third kappa shape index (κ3) is 3.21. The lowest BCUT2D eigenvalue weighted by Crippen LogP contribution is -2.20. The van der Waals surface area contributed by atoms with Gasteiger partial charge in [0.05, 0.1) is 23.8 Å². The van der Waals surface area contributed by atoms with Crippen molar-refractivity contribution in [3.8, 4) is 5.75 Å². The van der Waals surface area contributed by atoms with E-state index in [1.807, 2.05) is 6.92 Å². The van der Waals surface area contributed by atoms with Gasteiger partial charge < -0.3 is 25.3 Å². The first-order valence-corrected chi connectivity index (χ1v) is 7.48. The van der Waals surface area contributed by atoms with Crippen molar-refractivity contribution < 1.29 is 9.53 Å². The van der Waals surface area contributed by atoms with Gasteiger partial charge in [-0.1, -0.05) is 11.6 Å². The van der Waals surface area contributed by atoms with Gasteiger partial charge in [0.25, 0.3) is 0 Å². The number of benzene rings is 2. The van der Waals surface area contributed by atoms with Crippen LogP contribution in [-0.4, -0.2) is 23.1 Å². The number of hydrogen-bond acceptors (Lipinski definition) is 3. The monoisotopic (exact) mass is 346 g/mol. The van der Waals surface area contributed by atoms with E-state index in [2.05, 4.69) is 20.6 Å². The molecule has 4 N–H and O–H groups in total. The highest BCUT2D eigenvalue weighted by molar-refractivity contribution is 6.31. The van der Waals surface area contributed by atoms with Crippen molar-refractivity contribution in [1.82, 2.24) is 9.97 Å². The Morgan fingerprint density at radius 3 is 2.46 bits per heavy atom. The number of nitrogens with one attached hydrogen (secondary N) is 4. The van der Waals surface area contributed by atoms with E-state index in [1.165, 1.54) is 7.11 Å². The molecule has 0 saturated carbocycles. The molecule has 1 aromatic heterocycles. The van der Waals surface area contributed by atoms with E-state index in [4.69, 9.17) is 16.3 Å². The first-order valence-electron chi connectivity index (χ1n) is 7.10. The fourth-order valence-electron chi connectivity index (χ4n) is 2.38. The molecule has 0 spiro atoms. The number of rotatable bonds is 3. The number of urea groups is 1. The van der Waals surface area contributed by atoms with Crippen molar-refractivity contribution in [1.29, 1.82) is 0 Å². The Labute approximate surface area is 142 Å². The average molecular weight is 347 g/mol. The van der Waals surface area contributed by atoms with Gasteiger partial charge in [-0.2, -0.15) is 0 Å².